The SMILES string of the molecule is C=C(NCC(c1cc2c(c(-c3ccnc(C(C)C)c3Cl)n1)OC[I-]C=C2O)C1CC1)c1cc(C)c(N=C(CC)C(C)F)c(OC)c1. The first kappa shape index (κ1) is 34.2. The van der Waals surface area contributed by atoms with Gasteiger partial charge in [0, 0.05) is 0 Å². The predicted molar refractivity (Wildman–Crippen MR) is 181 cm³/mol. The molecular formula is C36H42ClFIN4O3-. The van der Waals surface area contributed by atoms with Gasteiger partial charge in [0.05, 0.1) is 12.8 Å². The third-order valence-corrected chi connectivity index (χ3v) is 10.5. The Labute approximate surface area is 286 Å². The van der Waals surface area contributed by atoms with Gasteiger partial charge in [-0.05, 0) is 20.3 Å². The number of pyridine rings is 2. The summed E-state index contributed by atoms with van der Waals surface area (Å²) in [5.41, 5.74) is 7.27. The van der Waals surface area contributed by atoms with Crippen LogP contribution in [0.4, 0.5) is 10.1 Å². The van der Waals surface area contributed by atoms with E-state index < -0.39 is 27.4 Å². The molecule has 7 nitrogen and oxygen atoms in total. The molecule has 0 amide bonds. The number of aryl methyl sites for hydroxylation is 1. The van der Waals surface area contributed by atoms with E-state index in [-0.39, 0.29) is 17.6 Å². The number of hydrogen-bond acceptors (Lipinski definition) is 7. The van der Waals surface area contributed by atoms with Gasteiger partial charge in [0.2, 0.25) is 0 Å². The van der Waals surface area contributed by atoms with Crippen LogP contribution in [-0.2, 0) is 0 Å². The van der Waals surface area contributed by atoms with Gasteiger partial charge in [-0.15, -0.1) is 0 Å². The second kappa shape index (κ2) is 14.7. The monoisotopic (exact) mass is 759 g/mol. The van der Waals surface area contributed by atoms with Crippen molar-refractivity contribution in [1.82, 2.24) is 15.3 Å². The minimum absolute atomic E-state index is 0.0572. The Morgan fingerprint density at radius 3 is 2.67 bits per heavy atom. The molecule has 1 aliphatic carbocycles. The van der Waals surface area contributed by atoms with Crippen molar-refractivity contribution in [1.29, 1.82) is 0 Å². The van der Waals surface area contributed by atoms with Crippen LogP contribution in [0.5, 0.6) is 11.5 Å². The van der Waals surface area contributed by atoms with Crippen molar-refractivity contribution < 1.29 is 40.2 Å². The number of hydrogen-bond donors (Lipinski definition) is 2. The van der Waals surface area contributed by atoms with E-state index in [2.05, 4.69) is 35.7 Å². The number of aliphatic imine (C=N–C) groups is 1. The zero-order valence-electron chi connectivity index (χ0n) is 27.3. The zero-order chi connectivity index (χ0) is 33.1. The average molecular weight is 760 g/mol. The Morgan fingerprint density at radius 2 is 2.02 bits per heavy atom. The van der Waals surface area contributed by atoms with E-state index in [1.54, 1.807) is 13.3 Å². The maximum absolute atomic E-state index is 14.1. The van der Waals surface area contributed by atoms with E-state index >= 15 is 0 Å². The number of aliphatic hydroxyl groups excluding tert-OH is 1. The average Bonchev–Trinajstić information content (AvgIpc) is 3.88. The van der Waals surface area contributed by atoms with Crippen molar-refractivity contribution in [2.24, 2.45) is 10.9 Å². The number of halogens is 3. The van der Waals surface area contributed by atoms with Gasteiger partial charge in [0.1, 0.15) is 11.9 Å². The number of rotatable bonds is 12. The van der Waals surface area contributed by atoms with Crippen molar-refractivity contribution in [3.05, 3.63) is 74.2 Å². The Morgan fingerprint density at radius 1 is 1.26 bits per heavy atom. The van der Waals surface area contributed by atoms with Crippen molar-refractivity contribution in [2.75, 3.05) is 18.3 Å². The van der Waals surface area contributed by atoms with Gasteiger partial charge in [-0.25, -0.2) is 4.39 Å². The fourth-order valence-electron chi connectivity index (χ4n) is 5.72. The van der Waals surface area contributed by atoms with Crippen LogP contribution >= 0.6 is 11.6 Å². The van der Waals surface area contributed by atoms with Crippen molar-refractivity contribution in [3.63, 3.8) is 0 Å². The summed E-state index contributed by atoms with van der Waals surface area (Å²) in [6, 6.07) is 7.74. The fraction of sp³-hybridized carbons (Fsp3) is 0.417. The van der Waals surface area contributed by atoms with E-state index in [0.717, 1.165) is 46.6 Å². The molecule has 2 unspecified atom stereocenters. The summed E-state index contributed by atoms with van der Waals surface area (Å²) in [5.74, 6) is 1.98. The Kier molecular flexibility index (Phi) is 10.9. The Hall–Kier alpha value is -3.18. The molecule has 46 heavy (non-hydrogen) atoms. The number of alkyl halides is 2. The third-order valence-electron chi connectivity index (χ3n) is 8.45. The molecule has 246 valence electrons. The van der Waals surface area contributed by atoms with E-state index in [1.165, 1.54) is 6.92 Å². The number of fused-ring (bicyclic) bond motifs is 1. The molecule has 2 atom stereocenters. The van der Waals surface area contributed by atoms with E-state index in [0.29, 0.717) is 62.7 Å². The normalized spacial score (nSPS) is 16.4. The Bertz CT molecular complexity index is 1690. The summed E-state index contributed by atoms with van der Waals surface area (Å²) >= 11 is 6.48. The van der Waals surface area contributed by atoms with E-state index in [4.69, 9.17) is 26.1 Å². The first-order valence-corrected chi connectivity index (χ1v) is 18.8. The molecule has 1 saturated carbocycles. The number of nitrogens with zero attached hydrogens (tertiary/aromatic N) is 3. The number of aromatic nitrogens is 2. The summed E-state index contributed by atoms with van der Waals surface area (Å²) in [4.78, 5) is 14.3. The van der Waals surface area contributed by atoms with E-state index in [1.807, 2.05) is 42.2 Å². The van der Waals surface area contributed by atoms with Gasteiger partial charge in [-0.2, -0.15) is 0 Å². The van der Waals surface area contributed by atoms with Crippen LogP contribution < -0.4 is 36.0 Å². The number of nitrogens with one attached hydrogen (secondary N) is 1. The molecule has 3 aromatic rings. The molecule has 1 aliphatic heterocycles. The van der Waals surface area contributed by atoms with Gasteiger partial charge < -0.3 is 4.74 Å². The second-order valence-corrected chi connectivity index (χ2v) is 14.6. The molecule has 2 N–H and O–H groups in total. The third kappa shape index (κ3) is 7.35. The maximum atomic E-state index is 14.1. The number of aliphatic hydroxyl groups is 1. The van der Waals surface area contributed by atoms with Crippen LogP contribution in [0.3, 0.4) is 0 Å². The van der Waals surface area contributed by atoms with Gasteiger partial charge in [-0.1, -0.05) is 6.92 Å². The predicted octanol–water partition coefficient (Wildman–Crippen LogP) is 6.13. The molecule has 5 rings (SSSR count). The standard InChI is InChI=1S/C36H42ClFIN4O3/c1-8-28(21(5)38)42-34-20(4)13-24(14-31(34)45-7)22(6)41-17-27(23-9-10-23)29-15-26-30(44)16-39-18-46-36(26)35(43-29)25-11-12-40-33(19(2)3)32(25)37/h11-16,19,21,23,27,41,44H,6,8-10,17-18H2,1-5,7H3/q-1. The molecule has 2 aliphatic rings. The van der Waals surface area contributed by atoms with Crippen molar-refractivity contribution in [2.45, 2.75) is 71.9 Å². The first-order chi connectivity index (χ1) is 22.0. The topological polar surface area (TPSA) is 88.9 Å². The zero-order valence-corrected chi connectivity index (χ0v) is 30.2. The minimum atomic E-state index is -1.13. The summed E-state index contributed by atoms with van der Waals surface area (Å²) in [7, 11) is 1.59. The van der Waals surface area contributed by atoms with Crippen LogP contribution in [-0.4, -0.2) is 45.2 Å². The van der Waals surface area contributed by atoms with Crippen molar-refractivity contribution >= 4 is 34.5 Å². The molecule has 10 heteroatoms. The van der Waals surface area contributed by atoms with Crippen LogP contribution in [0, 0.1) is 12.8 Å². The van der Waals surface area contributed by atoms with Gasteiger partial charge in [-0.3, -0.25) is 4.99 Å². The van der Waals surface area contributed by atoms with Crippen LogP contribution in [0.2, 0.25) is 5.02 Å². The molecule has 1 aromatic carbocycles. The van der Waals surface area contributed by atoms with Gasteiger partial charge in [0.25, 0.3) is 0 Å². The van der Waals surface area contributed by atoms with Crippen LogP contribution in [0.1, 0.15) is 86.9 Å². The fourth-order valence-corrected chi connectivity index (χ4v) is 7.56. The molecule has 0 bridgehead atoms. The summed E-state index contributed by atoms with van der Waals surface area (Å²) in [5, 5.41) is 15.2. The molecular weight excluding hydrogens is 718 g/mol. The Balaban J connectivity index is 1.49. The number of ether oxygens (including phenoxy) is 2. The van der Waals surface area contributed by atoms with E-state index in [9.17, 15) is 9.50 Å². The van der Waals surface area contributed by atoms with Crippen LogP contribution in [0.25, 0.3) is 22.7 Å². The number of methoxy groups -OCH3 is 1. The molecule has 0 spiro atoms. The van der Waals surface area contributed by atoms with Gasteiger partial charge in [0.15, 0.2) is 0 Å². The number of benzene rings is 1. The van der Waals surface area contributed by atoms with Gasteiger partial charge >= 0.3 is 222 Å². The molecule has 0 saturated heterocycles. The molecule has 1 fully saturated rings. The molecule has 3 heterocycles. The van der Waals surface area contributed by atoms with Crippen molar-refractivity contribution in [3.8, 4) is 22.8 Å². The quantitative estimate of drug-likeness (QED) is 0.131. The molecule has 0 radical (unpaired) electrons. The summed E-state index contributed by atoms with van der Waals surface area (Å²) in [6.07, 6.45) is 3.33. The summed E-state index contributed by atoms with van der Waals surface area (Å²) < 4.78 is 28.5. The van der Waals surface area contributed by atoms with Crippen LogP contribution in [0.15, 0.2) is 46.1 Å². The first-order valence-electron chi connectivity index (χ1n) is 15.7. The molecule has 2 aromatic heterocycles. The second-order valence-electron chi connectivity index (χ2n) is 12.1. The summed E-state index contributed by atoms with van der Waals surface area (Å²) in [6.45, 7) is 14.4.